The number of aliphatic hydroxyl groups excluding tert-OH is 1. The number of rotatable bonds is 9. The van der Waals surface area contributed by atoms with Gasteiger partial charge in [-0.15, -0.1) is 11.3 Å². The molecule has 1 heterocycles. The number of anilines is 1. The van der Waals surface area contributed by atoms with E-state index in [0.717, 1.165) is 47.6 Å². The van der Waals surface area contributed by atoms with Gasteiger partial charge in [-0.2, -0.15) is 5.26 Å². The fraction of sp³-hybridized carbons (Fsp3) is 0.542. The lowest BCUT2D eigenvalue weighted by atomic mass is 9.88. The van der Waals surface area contributed by atoms with Gasteiger partial charge in [0, 0.05) is 11.4 Å². The van der Waals surface area contributed by atoms with Gasteiger partial charge in [-0.05, 0) is 67.2 Å². The van der Waals surface area contributed by atoms with Crippen LogP contribution in [0.5, 0.6) is 5.75 Å². The molecule has 0 amide bonds. The molecule has 1 aromatic carbocycles. The minimum absolute atomic E-state index is 0.535. The second-order valence-electron chi connectivity index (χ2n) is 8.50. The molecule has 4 nitrogen and oxygen atoms in total. The van der Waals surface area contributed by atoms with Crippen molar-refractivity contribution in [3.8, 4) is 11.8 Å². The first-order valence-electron chi connectivity index (χ1n) is 10.7. The molecule has 5 heteroatoms. The van der Waals surface area contributed by atoms with Crippen LogP contribution in [-0.2, 0) is 12.8 Å². The number of ether oxygens (including phenoxy) is 1. The normalized spacial score (nSPS) is 16.9. The van der Waals surface area contributed by atoms with Gasteiger partial charge in [-0.25, -0.2) is 0 Å². The lowest BCUT2D eigenvalue weighted by Crippen LogP contribution is -2.09. The molecule has 2 atom stereocenters. The third-order valence-corrected chi connectivity index (χ3v) is 6.77. The number of hydrogen-bond donors (Lipinski definition) is 2. The van der Waals surface area contributed by atoms with Gasteiger partial charge >= 0.3 is 0 Å². The van der Waals surface area contributed by atoms with E-state index in [0.29, 0.717) is 31.4 Å². The standard InChI is InChI=1S/C24H32N2O2S/c1-16(2)11-13-28-19-7-5-18(6-8-19)22(27)10-12-26-24-21(15-25)20-9-4-17(3)14-23(20)29-24/h5-8,16-17,22,26-27H,4,9-14H2,1-3H3. The van der Waals surface area contributed by atoms with Crippen LogP contribution in [0.4, 0.5) is 5.00 Å². The second kappa shape index (κ2) is 10.1. The van der Waals surface area contributed by atoms with Crippen LogP contribution in [0.25, 0.3) is 0 Å². The van der Waals surface area contributed by atoms with Crippen LogP contribution in [0.1, 0.15) is 67.7 Å². The highest BCUT2D eigenvalue weighted by atomic mass is 32.1. The predicted octanol–water partition coefficient (Wildman–Crippen LogP) is 5.71. The average molecular weight is 413 g/mol. The number of nitriles is 1. The van der Waals surface area contributed by atoms with Crippen molar-refractivity contribution in [3.63, 3.8) is 0 Å². The SMILES string of the molecule is CC(C)CCOc1ccc(C(O)CCNc2sc3c(c2C#N)CCC(C)C3)cc1. The van der Waals surface area contributed by atoms with E-state index in [1.54, 1.807) is 11.3 Å². The molecular formula is C24H32N2O2S. The first kappa shape index (κ1) is 21.7. The molecule has 1 aromatic heterocycles. The summed E-state index contributed by atoms with van der Waals surface area (Å²) in [5, 5.41) is 24.5. The summed E-state index contributed by atoms with van der Waals surface area (Å²) < 4.78 is 5.74. The minimum Gasteiger partial charge on any atom is -0.494 e. The molecule has 3 rings (SSSR count). The van der Waals surface area contributed by atoms with Crippen molar-refractivity contribution in [1.82, 2.24) is 0 Å². The zero-order chi connectivity index (χ0) is 20.8. The minimum atomic E-state index is -0.535. The quantitative estimate of drug-likeness (QED) is 0.554. The fourth-order valence-electron chi connectivity index (χ4n) is 3.68. The number of aliphatic hydroxyl groups is 1. The highest BCUT2D eigenvalue weighted by molar-refractivity contribution is 7.16. The van der Waals surface area contributed by atoms with Crippen molar-refractivity contribution < 1.29 is 9.84 Å². The Morgan fingerprint density at radius 2 is 2.03 bits per heavy atom. The third kappa shape index (κ3) is 5.74. The van der Waals surface area contributed by atoms with Crippen molar-refractivity contribution in [1.29, 1.82) is 5.26 Å². The molecule has 0 spiro atoms. The molecule has 0 radical (unpaired) electrons. The molecule has 0 bridgehead atoms. The maximum absolute atomic E-state index is 10.5. The maximum Gasteiger partial charge on any atom is 0.119 e. The van der Waals surface area contributed by atoms with Gasteiger partial charge < -0.3 is 15.2 Å². The summed E-state index contributed by atoms with van der Waals surface area (Å²) in [4.78, 5) is 1.36. The topological polar surface area (TPSA) is 65.3 Å². The van der Waals surface area contributed by atoms with Gasteiger partial charge in [0.25, 0.3) is 0 Å². The summed E-state index contributed by atoms with van der Waals surface area (Å²) in [6, 6.07) is 10.1. The molecule has 29 heavy (non-hydrogen) atoms. The Balaban J connectivity index is 1.51. The predicted molar refractivity (Wildman–Crippen MR) is 120 cm³/mol. The van der Waals surface area contributed by atoms with E-state index in [2.05, 4.69) is 32.2 Å². The monoisotopic (exact) mass is 412 g/mol. The molecule has 0 fully saturated rings. The highest BCUT2D eigenvalue weighted by Gasteiger charge is 2.23. The summed E-state index contributed by atoms with van der Waals surface area (Å²) >= 11 is 1.72. The smallest absolute Gasteiger partial charge is 0.119 e. The first-order chi connectivity index (χ1) is 14.0. The van der Waals surface area contributed by atoms with Crippen LogP contribution in [0.3, 0.4) is 0 Å². The number of fused-ring (bicyclic) bond motifs is 1. The van der Waals surface area contributed by atoms with Crippen molar-refractivity contribution in [2.24, 2.45) is 11.8 Å². The Hall–Kier alpha value is -2.03. The molecule has 1 aliphatic rings. The number of hydrogen-bond acceptors (Lipinski definition) is 5. The van der Waals surface area contributed by atoms with Gasteiger partial charge in [0.15, 0.2) is 0 Å². The Kier molecular flexibility index (Phi) is 7.57. The van der Waals surface area contributed by atoms with Gasteiger partial charge in [-0.3, -0.25) is 0 Å². The lowest BCUT2D eigenvalue weighted by Gasteiger charge is -2.17. The summed E-state index contributed by atoms with van der Waals surface area (Å²) in [6.07, 6.45) is 4.33. The molecule has 2 N–H and O–H groups in total. The zero-order valence-electron chi connectivity index (χ0n) is 17.7. The third-order valence-electron chi connectivity index (χ3n) is 5.56. The van der Waals surface area contributed by atoms with Gasteiger partial charge in [-0.1, -0.05) is 32.9 Å². The van der Waals surface area contributed by atoms with Crippen molar-refractivity contribution in [3.05, 3.63) is 45.8 Å². The molecular weight excluding hydrogens is 380 g/mol. The Morgan fingerprint density at radius 3 is 2.72 bits per heavy atom. The Morgan fingerprint density at radius 1 is 1.28 bits per heavy atom. The van der Waals surface area contributed by atoms with Crippen LogP contribution in [-0.4, -0.2) is 18.3 Å². The zero-order valence-corrected chi connectivity index (χ0v) is 18.5. The first-order valence-corrected chi connectivity index (χ1v) is 11.5. The lowest BCUT2D eigenvalue weighted by molar-refractivity contribution is 0.171. The van der Waals surface area contributed by atoms with Crippen LogP contribution >= 0.6 is 11.3 Å². The van der Waals surface area contributed by atoms with Gasteiger partial charge in [0.05, 0.1) is 18.3 Å². The number of nitrogens with zero attached hydrogens (tertiary/aromatic N) is 1. The molecule has 0 saturated carbocycles. The molecule has 2 unspecified atom stereocenters. The van der Waals surface area contributed by atoms with Crippen molar-refractivity contribution >= 4 is 16.3 Å². The average Bonchev–Trinajstić information content (AvgIpc) is 3.04. The van der Waals surface area contributed by atoms with E-state index in [1.165, 1.54) is 10.4 Å². The maximum atomic E-state index is 10.5. The van der Waals surface area contributed by atoms with E-state index in [4.69, 9.17) is 4.74 Å². The van der Waals surface area contributed by atoms with E-state index < -0.39 is 6.10 Å². The van der Waals surface area contributed by atoms with E-state index in [1.807, 2.05) is 24.3 Å². The Labute approximate surface area is 178 Å². The van der Waals surface area contributed by atoms with Gasteiger partial charge in [0.1, 0.15) is 16.8 Å². The van der Waals surface area contributed by atoms with Crippen LogP contribution in [0, 0.1) is 23.2 Å². The number of thiophene rings is 1. The van der Waals surface area contributed by atoms with Crippen molar-refractivity contribution in [2.75, 3.05) is 18.5 Å². The highest BCUT2D eigenvalue weighted by Crippen LogP contribution is 2.39. The summed E-state index contributed by atoms with van der Waals surface area (Å²) in [7, 11) is 0. The van der Waals surface area contributed by atoms with E-state index in [-0.39, 0.29) is 0 Å². The molecule has 0 aliphatic heterocycles. The van der Waals surface area contributed by atoms with E-state index >= 15 is 0 Å². The Bertz CT molecular complexity index is 836. The summed E-state index contributed by atoms with van der Waals surface area (Å²) in [6.45, 7) is 8.00. The van der Waals surface area contributed by atoms with Crippen molar-refractivity contribution in [2.45, 2.75) is 59.0 Å². The van der Waals surface area contributed by atoms with Gasteiger partial charge in [0.2, 0.25) is 0 Å². The van der Waals surface area contributed by atoms with Crippen LogP contribution in [0.15, 0.2) is 24.3 Å². The molecule has 1 aliphatic carbocycles. The molecule has 156 valence electrons. The second-order valence-corrected chi connectivity index (χ2v) is 9.60. The van der Waals surface area contributed by atoms with Crippen LogP contribution < -0.4 is 10.1 Å². The molecule has 2 aromatic rings. The fourth-order valence-corrected chi connectivity index (χ4v) is 5.07. The largest absolute Gasteiger partial charge is 0.494 e. The van der Waals surface area contributed by atoms with E-state index in [9.17, 15) is 10.4 Å². The number of nitrogens with one attached hydrogen (secondary N) is 1. The number of benzene rings is 1. The summed E-state index contributed by atoms with van der Waals surface area (Å²) in [5.41, 5.74) is 2.95. The van der Waals surface area contributed by atoms with Crippen LogP contribution in [0.2, 0.25) is 0 Å². The summed E-state index contributed by atoms with van der Waals surface area (Å²) in [5.74, 6) is 2.17. The molecule has 0 saturated heterocycles.